The molecule has 2 aromatic carbocycles. The zero-order valence-corrected chi connectivity index (χ0v) is 38.0. The summed E-state index contributed by atoms with van der Waals surface area (Å²) in [5.41, 5.74) is 12.3. The van der Waals surface area contributed by atoms with Crippen LogP contribution in [0, 0.1) is 0 Å². The minimum Gasteiger partial charge on any atom is -0.391 e. The van der Waals surface area contributed by atoms with Crippen LogP contribution in [0.15, 0.2) is 60.7 Å². The van der Waals surface area contributed by atoms with Gasteiger partial charge in [0.25, 0.3) is 0 Å². The van der Waals surface area contributed by atoms with Gasteiger partial charge in [-0.15, -0.1) is 0 Å². The van der Waals surface area contributed by atoms with Crippen LogP contribution in [0.5, 0.6) is 0 Å². The molecule has 4 rings (SSSR count). The first kappa shape index (κ1) is 52.4. The molecule has 0 aliphatic carbocycles. The molecule has 22 nitrogen and oxygen atoms in total. The summed E-state index contributed by atoms with van der Waals surface area (Å²) >= 11 is 0. The molecule has 4 unspecified atom stereocenters. The van der Waals surface area contributed by atoms with E-state index < -0.39 is 126 Å². The summed E-state index contributed by atoms with van der Waals surface area (Å²) in [6.07, 6.45) is -1.05. The summed E-state index contributed by atoms with van der Waals surface area (Å²) in [5, 5.41) is 33.4. The second-order valence-electron chi connectivity index (χ2n) is 15.7. The van der Waals surface area contributed by atoms with E-state index in [9.17, 15) is 53.1 Å². The summed E-state index contributed by atoms with van der Waals surface area (Å²) in [6, 6.07) is 6.57. The van der Waals surface area contributed by atoms with Crippen molar-refractivity contribution < 1.29 is 53.1 Å². The highest BCUT2D eigenvalue weighted by molar-refractivity contribution is 8.76. The van der Waals surface area contributed by atoms with Gasteiger partial charge in [0, 0.05) is 24.3 Å². The second-order valence-corrected chi connectivity index (χ2v) is 18.3. The second kappa shape index (κ2) is 26.0. The molecular weight excluding hydrogens is 899 g/mol. The van der Waals surface area contributed by atoms with Crippen LogP contribution in [0.25, 0.3) is 0 Å². The third-order valence-corrected chi connectivity index (χ3v) is 12.8. The summed E-state index contributed by atoms with van der Waals surface area (Å²) in [4.78, 5) is 133. The zero-order valence-electron chi connectivity index (χ0n) is 36.3. The molecule has 9 atom stereocenters. The first-order valence-electron chi connectivity index (χ1n) is 21.1. The van der Waals surface area contributed by atoms with Gasteiger partial charge < -0.3 is 64.4 Å². The van der Waals surface area contributed by atoms with Crippen LogP contribution in [0.2, 0.25) is 0 Å². The number of amides is 10. The predicted octanol–water partition coefficient (Wildman–Crippen LogP) is -4.11. The van der Waals surface area contributed by atoms with Crippen molar-refractivity contribution in [3.05, 3.63) is 71.8 Å². The van der Waals surface area contributed by atoms with Crippen LogP contribution in [-0.4, -0.2) is 143 Å². The lowest BCUT2D eigenvalue weighted by molar-refractivity contribution is -0.136. The van der Waals surface area contributed by atoms with Gasteiger partial charge in [0.05, 0.1) is 25.1 Å². The van der Waals surface area contributed by atoms with Gasteiger partial charge in [-0.2, -0.15) is 0 Å². The highest BCUT2D eigenvalue weighted by Gasteiger charge is 2.35. The Morgan fingerprint density at radius 1 is 0.758 bits per heavy atom. The largest absolute Gasteiger partial charge is 0.391 e. The molecule has 2 saturated heterocycles. The summed E-state index contributed by atoms with van der Waals surface area (Å²) in [5.74, 6) is -9.29. The molecule has 66 heavy (non-hydrogen) atoms. The van der Waals surface area contributed by atoms with Gasteiger partial charge in [-0.25, -0.2) is 0 Å². The van der Waals surface area contributed by atoms with Gasteiger partial charge in [-0.1, -0.05) is 82.3 Å². The fraction of sp³-hybridized carbons (Fsp3) is 0.476. The molecule has 24 heteroatoms. The van der Waals surface area contributed by atoms with E-state index >= 15 is 0 Å². The molecule has 0 bridgehead atoms. The van der Waals surface area contributed by atoms with E-state index in [4.69, 9.17) is 11.5 Å². The Bertz CT molecular complexity index is 2060. The van der Waals surface area contributed by atoms with Crippen molar-refractivity contribution in [2.24, 2.45) is 11.5 Å². The molecule has 358 valence electrons. The zero-order chi connectivity index (χ0) is 48.3. The maximum atomic E-state index is 14.1. The predicted molar refractivity (Wildman–Crippen MR) is 243 cm³/mol. The number of primary amides is 2. The Morgan fingerprint density at radius 2 is 1.38 bits per heavy atom. The standard InChI is InChI=1S/C42H57N11O11S2/c1-22-36(58)49-28(17-25-12-7-4-8-13-25)40(62)53-34(23(2)54)42(64)46-19-33(56)48-30(35(44)57)20-65-66-21-31(41(63)51-29(18-32(43)55)38(60)47-22)52-39(61)27(16-24-10-5-3-6-11-24)50-37(59)26-14-9-15-45-26/h3-8,10-13,22-23,26-31,34,45,54H,9,14-21H2,1-2H3,(H2,43,55)(H2,44,57)(H,46,64)(H,47,60)(H,48,56)(H,49,58)(H,50,59)(H,51,63)(H,52,61)(H,53,62)/t22-,23+,26-,27-,28?,29?,30?,31?,34-/m0/s1. The number of aliphatic hydroxyl groups is 1. The van der Waals surface area contributed by atoms with Gasteiger partial charge in [0.2, 0.25) is 59.1 Å². The van der Waals surface area contributed by atoms with E-state index in [2.05, 4.69) is 47.9 Å². The Kier molecular flexibility index (Phi) is 20.7. The van der Waals surface area contributed by atoms with Crippen molar-refractivity contribution in [1.29, 1.82) is 0 Å². The SMILES string of the molecule is C[C@@H]1NC(=O)C(CC(N)=O)NC(=O)C(NC(=O)[C@H](Cc2ccccc2)NC(=O)[C@@H]2CCCN2)CSSCC(C(N)=O)NC(=O)CNC(=O)[C@H]([C@@H](C)O)NC(=O)C(Cc2ccccc2)NC1=O. The quantitative estimate of drug-likeness (QED) is 0.0901. The molecule has 2 aromatic rings. The molecule has 10 amide bonds. The van der Waals surface area contributed by atoms with Crippen molar-refractivity contribution in [2.45, 2.75) is 100 Å². The number of carbonyl (C=O) groups excluding carboxylic acids is 10. The van der Waals surface area contributed by atoms with E-state index in [1.807, 2.05) is 0 Å². The highest BCUT2D eigenvalue weighted by Crippen LogP contribution is 2.23. The van der Waals surface area contributed by atoms with E-state index in [-0.39, 0.29) is 24.3 Å². The molecule has 2 heterocycles. The lowest BCUT2D eigenvalue weighted by Crippen LogP contribution is -2.61. The summed E-state index contributed by atoms with van der Waals surface area (Å²) < 4.78 is 0. The van der Waals surface area contributed by atoms with Crippen LogP contribution in [0.1, 0.15) is 44.2 Å². The van der Waals surface area contributed by atoms with E-state index in [0.29, 0.717) is 24.1 Å². The highest BCUT2D eigenvalue weighted by atomic mass is 33.1. The fourth-order valence-electron chi connectivity index (χ4n) is 6.72. The molecule has 0 saturated carbocycles. The van der Waals surface area contributed by atoms with E-state index in [0.717, 1.165) is 28.0 Å². The van der Waals surface area contributed by atoms with Gasteiger partial charge in [0.1, 0.15) is 42.3 Å². The van der Waals surface area contributed by atoms with Crippen LogP contribution < -0.4 is 59.3 Å². The number of nitrogens with one attached hydrogen (secondary N) is 9. The normalized spacial score (nSPS) is 25.2. The average molecular weight is 956 g/mol. The Hall–Kier alpha value is -6.24. The molecule has 14 N–H and O–H groups in total. The number of benzene rings is 2. The third-order valence-electron chi connectivity index (χ3n) is 10.3. The summed E-state index contributed by atoms with van der Waals surface area (Å²) in [7, 11) is 1.92. The molecule has 0 radical (unpaired) electrons. The Morgan fingerprint density at radius 3 is 1.98 bits per heavy atom. The average Bonchev–Trinajstić information content (AvgIpc) is 3.83. The molecular formula is C42H57N11O11S2. The minimum absolute atomic E-state index is 0.0298. The number of carbonyl (C=O) groups is 10. The third kappa shape index (κ3) is 17.0. The molecule has 2 fully saturated rings. The first-order chi connectivity index (χ1) is 31.4. The Balaban J connectivity index is 1.66. The maximum absolute atomic E-state index is 14.1. The number of rotatable bonds is 12. The van der Waals surface area contributed by atoms with E-state index in [1.54, 1.807) is 60.7 Å². The molecule has 2 aliphatic heterocycles. The van der Waals surface area contributed by atoms with Crippen LogP contribution >= 0.6 is 21.6 Å². The molecule has 2 aliphatic rings. The van der Waals surface area contributed by atoms with Gasteiger partial charge in [0.15, 0.2) is 0 Å². The van der Waals surface area contributed by atoms with Gasteiger partial charge in [-0.05, 0) is 44.4 Å². The van der Waals surface area contributed by atoms with Crippen molar-refractivity contribution in [1.82, 2.24) is 47.9 Å². The smallest absolute Gasteiger partial charge is 0.245 e. The van der Waals surface area contributed by atoms with Crippen LogP contribution in [0.4, 0.5) is 0 Å². The van der Waals surface area contributed by atoms with Crippen molar-refractivity contribution in [3.8, 4) is 0 Å². The van der Waals surface area contributed by atoms with E-state index in [1.165, 1.54) is 13.8 Å². The first-order valence-corrected chi connectivity index (χ1v) is 23.6. The number of nitrogens with two attached hydrogens (primary N) is 2. The fourth-order valence-corrected chi connectivity index (χ4v) is 9.06. The number of hydrogen-bond acceptors (Lipinski definition) is 14. The minimum atomic E-state index is -1.69. The van der Waals surface area contributed by atoms with Crippen molar-refractivity contribution in [3.63, 3.8) is 0 Å². The molecule has 0 aromatic heterocycles. The monoisotopic (exact) mass is 955 g/mol. The van der Waals surface area contributed by atoms with Crippen LogP contribution in [0.3, 0.4) is 0 Å². The Labute approximate surface area is 388 Å². The summed E-state index contributed by atoms with van der Waals surface area (Å²) in [6.45, 7) is 2.39. The van der Waals surface area contributed by atoms with Crippen molar-refractivity contribution >= 4 is 80.7 Å². The number of hydrogen-bond donors (Lipinski definition) is 12. The molecule has 0 spiro atoms. The van der Waals surface area contributed by atoms with Crippen molar-refractivity contribution in [2.75, 3.05) is 24.6 Å². The van der Waals surface area contributed by atoms with Gasteiger partial charge >= 0.3 is 0 Å². The number of aliphatic hydroxyl groups excluding tert-OH is 1. The van der Waals surface area contributed by atoms with Gasteiger partial charge in [-0.3, -0.25) is 47.9 Å². The topological polar surface area (TPSA) is 351 Å². The lowest BCUT2D eigenvalue weighted by atomic mass is 10.0. The van der Waals surface area contributed by atoms with Crippen LogP contribution in [-0.2, 0) is 60.8 Å². The maximum Gasteiger partial charge on any atom is 0.245 e. The lowest BCUT2D eigenvalue weighted by Gasteiger charge is -2.27.